The van der Waals surface area contributed by atoms with Crippen LogP contribution in [-0.2, 0) is 22.6 Å². The summed E-state index contributed by atoms with van der Waals surface area (Å²) < 4.78 is 5.20. The Morgan fingerprint density at radius 3 is 2.48 bits per heavy atom. The molecular formula is C22H35IN4O2. The number of rotatable bonds is 6. The van der Waals surface area contributed by atoms with E-state index in [1.807, 2.05) is 6.92 Å². The number of carbonyl (C=O) groups excluding carboxylic acids is 1. The van der Waals surface area contributed by atoms with Crippen LogP contribution in [0.15, 0.2) is 29.3 Å². The van der Waals surface area contributed by atoms with Gasteiger partial charge in [-0.05, 0) is 56.8 Å². The molecule has 162 valence electrons. The zero-order valence-electron chi connectivity index (χ0n) is 17.7. The number of hydrogen-bond acceptors (Lipinski definition) is 4. The highest BCUT2D eigenvalue weighted by Crippen LogP contribution is 2.18. The first kappa shape index (κ1) is 23.9. The molecule has 2 saturated heterocycles. The number of piperidine rings is 1. The number of carbonyl (C=O) groups is 1. The van der Waals surface area contributed by atoms with Gasteiger partial charge in [0.05, 0.1) is 12.5 Å². The van der Waals surface area contributed by atoms with Gasteiger partial charge in [-0.3, -0.25) is 14.7 Å². The summed E-state index contributed by atoms with van der Waals surface area (Å²) in [6, 6.07) is 8.86. The summed E-state index contributed by atoms with van der Waals surface area (Å²) in [6.45, 7) is 8.13. The van der Waals surface area contributed by atoms with Crippen molar-refractivity contribution in [3.05, 3.63) is 35.4 Å². The van der Waals surface area contributed by atoms with E-state index < -0.39 is 0 Å². The van der Waals surface area contributed by atoms with Crippen LogP contribution in [0.1, 0.15) is 43.7 Å². The lowest BCUT2D eigenvalue weighted by Gasteiger charge is -2.34. The molecule has 2 aliphatic heterocycles. The first-order valence-corrected chi connectivity index (χ1v) is 10.6. The Morgan fingerprint density at radius 1 is 1.14 bits per heavy atom. The summed E-state index contributed by atoms with van der Waals surface area (Å²) in [5, 5.41) is 3.45. The third-order valence-corrected chi connectivity index (χ3v) is 5.63. The van der Waals surface area contributed by atoms with Crippen LogP contribution in [0.25, 0.3) is 0 Å². The van der Waals surface area contributed by atoms with E-state index in [-0.39, 0.29) is 35.9 Å². The van der Waals surface area contributed by atoms with E-state index in [0.29, 0.717) is 13.2 Å². The number of halogens is 1. The van der Waals surface area contributed by atoms with Gasteiger partial charge in [-0.15, -0.1) is 24.0 Å². The molecule has 29 heavy (non-hydrogen) atoms. The Morgan fingerprint density at radius 2 is 1.83 bits per heavy atom. The molecule has 2 fully saturated rings. The lowest BCUT2D eigenvalue weighted by molar-refractivity contribution is -0.149. The van der Waals surface area contributed by atoms with Gasteiger partial charge in [0.15, 0.2) is 5.96 Å². The fourth-order valence-electron chi connectivity index (χ4n) is 4.10. The standard InChI is InChI=1S/C22H34N4O2.HI/c1-3-28-21(27)20-7-6-14-26(17-20)22(23-2)24-15-18-8-10-19(11-9-18)16-25-12-4-5-13-25;/h8-11,20H,3-7,12-17H2,1-2H3,(H,23,24);1H/t20-;/m0./s1. The normalized spacial score (nSPS) is 20.3. The van der Waals surface area contributed by atoms with Gasteiger partial charge in [0, 0.05) is 33.2 Å². The second-order valence-electron chi connectivity index (χ2n) is 7.74. The zero-order valence-corrected chi connectivity index (χ0v) is 20.1. The van der Waals surface area contributed by atoms with Crippen molar-refractivity contribution in [3.63, 3.8) is 0 Å². The Hall–Kier alpha value is -1.35. The molecule has 1 aromatic carbocycles. The van der Waals surface area contributed by atoms with Gasteiger partial charge in [0.25, 0.3) is 0 Å². The van der Waals surface area contributed by atoms with Crippen LogP contribution in [0.3, 0.4) is 0 Å². The molecule has 1 atom stereocenters. The van der Waals surface area contributed by atoms with Gasteiger partial charge in [-0.1, -0.05) is 24.3 Å². The van der Waals surface area contributed by atoms with Gasteiger partial charge in [-0.25, -0.2) is 0 Å². The van der Waals surface area contributed by atoms with Gasteiger partial charge >= 0.3 is 5.97 Å². The van der Waals surface area contributed by atoms with E-state index in [0.717, 1.165) is 38.4 Å². The lowest BCUT2D eigenvalue weighted by Crippen LogP contribution is -2.48. The number of nitrogens with zero attached hydrogens (tertiary/aromatic N) is 3. The minimum atomic E-state index is -0.0868. The highest BCUT2D eigenvalue weighted by Gasteiger charge is 2.28. The predicted molar refractivity (Wildman–Crippen MR) is 127 cm³/mol. The largest absolute Gasteiger partial charge is 0.466 e. The Labute approximate surface area is 192 Å². The highest BCUT2D eigenvalue weighted by molar-refractivity contribution is 14.0. The fraction of sp³-hybridized carbons (Fsp3) is 0.636. The minimum absolute atomic E-state index is 0. The summed E-state index contributed by atoms with van der Waals surface area (Å²) in [5.74, 6) is 0.712. The average Bonchev–Trinajstić information content (AvgIpc) is 3.23. The van der Waals surface area contributed by atoms with E-state index in [9.17, 15) is 4.79 Å². The summed E-state index contributed by atoms with van der Waals surface area (Å²) in [4.78, 5) is 21.2. The minimum Gasteiger partial charge on any atom is -0.466 e. The summed E-state index contributed by atoms with van der Waals surface area (Å²) >= 11 is 0. The van der Waals surface area contributed by atoms with E-state index in [4.69, 9.17) is 4.74 Å². The van der Waals surface area contributed by atoms with E-state index in [1.54, 1.807) is 7.05 Å². The molecule has 0 bridgehead atoms. The van der Waals surface area contributed by atoms with Crippen LogP contribution >= 0.6 is 24.0 Å². The molecule has 0 saturated carbocycles. The zero-order chi connectivity index (χ0) is 19.8. The van der Waals surface area contributed by atoms with E-state index in [2.05, 4.69) is 44.4 Å². The second-order valence-corrected chi connectivity index (χ2v) is 7.74. The Kier molecular flexibility index (Phi) is 10.2. The third kappa shape index (κ3) is 7.13. The van der Waals surface area contributed by atoms with Crippen LogP contribution in [0.2, 0.25) is 0 Å². The monoisotopic (exact) mass is 514 g/mol. The summed E-state index contributed by atoms with van der Waals surface area (Å²) in [5.41, 5.74) is 2.62. The molecule has 0 amide bonds. The van der Waals surface area contributed by atoms with Crippen molar-refractivity contribution in [2.75, 3.05) is 39.8 Å². The SMILES string of the molecule is CCOC(=O)[C@H]1CCCN(C(=NC)NCc2ccc(CN3CCCC3)cc2)C1.I. The molecule has 0 radical (unpaired) electrons. The molecular weight excluding hydrogens is 479 g/mol. The van der Waals surface area contributed by atoms with Crippen molar-refractivity contribution < 1.29 is 9.53 Å². The summed E-state index contributed by atoms with van der Waals surface area (Å²) in [7, 11) is 1.80. The quantitative estimate of drug-likeness (QED) is 0.274. The number of benzene rings is 1. The maximum Gasteiger partial charge on any atom is 0.310 e. The van der Waals surface area contributed by atoms with Gasteiger partial charge in [-0.2, -0.15) is 0 Å². The number of likely N-dealkylation sites (tertiary alicyclic amines) is 2. The number of ether oxygens (including phenoxy) is 1. The molecule has 6 nitrogen and oxygen atoms in total. The molecule has 2 aliphatic rings. The van der Waals surface area contributed by atoms with Crippen molar-refractivity contribution in [2.45, 2.75) is 45.7 Å². The Balaban J connectivity index is 0.00000300. The smallest absolute Gasteiger partial charge is 0.310 e. The molecule has 2 heterocycles. The van der Waals surface area contributed by atoms with Crippen LogP contribution in [0, 0.1) is 5.92 Å². The molecule has 0 aliphatic carbocycles. The highest BCUT2D eigenvalue weighted by atomic mass is 127. The average molecular weight is 514 g/mol. The Bertz CT molecular complexity index is 659. The molecule has 0 aromatic heterocycles. The van der Waals surface area contributed by atoms with E-state index in [1.165, 1.54) is 37.1 Å². The van der Waals surface area contributed by atoms with E-state index >= 15 is 0 Å². The maximum absolute atomic E-state index is 12.1. The number of guanidine groups is 1. The van der Waals surface area contributed by atoms with Crippen LogP contribution in [0.4, 0.5) is 0 Å². The first-order chi connectivity index (χ1) is 13.7. The summed E-state index contributed by atoms with van der Waals surface area (Å²) in [6.07, 6.45) is 4.53. The van der Waals surface area contributed by atoms with Crippen molar-refractivity contribution in [3.8, 4) is 0 Å². The van der Waals surface area contributed by atoms with Crippen molar-refractivity contribution in [1.29, 1.82) is 0 Å². The van der Waals surface area contributed by atoms with Crippen molar-refractivity contribution in [2.24, 2.45) is 10.9 Å². The van der Waals surface area contributed by atoms with Gasteiger partial charge < -0.3 is 15.0 Å². The lowest BCUT2D eigenvalue weighted by atomic mass is 9.98. The first-order valence-electron chi connectivity index (χ1n) is 10.6. The molecule has 1 N–H and O–H groups in total. The van der Waals surface area contributed by atoms with Crippen LogP contribution in [0.5, 0.6) is 0 Å². The number of hydrogen-bond donors (Lipinski definition) is 1. The number of nitrogens with one attached hydrogen (secondary N) is 1. The van der Waals surface area contributed by atoms with Crippen LogP contribution in [-0.4, -0.2) is 61.6 Å². The number of aliphatic imine (C=N–C) groups is 1. The number of esters is 1. The molecule has 1 aromatic rings. The van der Waals surface area contributed by atoms with Crippen molar-refractivity contribution >= 4 is 35.9 Å². The molecule has 0 spiro atoms. The fourth-order valence-corrected chi connectivity index (χ4v) is 4.10. The molecule has 0 unspecified atom stereocenters. The van der Waals surface area contributed by atoms with Crippen molar-refractivity contribution in [1.82, 2.24) is 15.1 Å². The molecule has 7 heteroatoms. The van der Waals surface area contributed by atoms with Crippen LogP contribution < -0.4 is 5.32 Å². The predicted octanol–water partition coefficient (Wildman–Crippen LogP) is 3.25. The maximum atomic E-state index is 12.1. The van der Waals surface area contributed by atoms with Gasteiger partial charge in [0.1, 0.15) is 0 Å². The van der Waals surface area contributed by atoms with Gasteiger partial charge in [0.2, 0.25) is 0 Å². The topological polar surface area (TPSA) is 57.2 Å². The second kappa shape index (κ2) is 12.4. The third-order valence-electron chi connectivity index (χ3n) is 5.63. The molecule has 3 rings (SSSR count).